The fraction of sp³-hybridized carbons (Fsp3) is 0.0556. The number of aliphatic imine (C=N–C) groups is 1. The maximum atomic E-state index is 12.3. The Morgan fingerprint density at radius 1 is 1.08 bits per heavy atom. The summed E-state index contributed by atoms with van der Waals surface area (Å²) in [7, 11) is 0. The number of hydrogen-bond donors (Lipinski definition) is 3. The minimum absolute atomic E-state index is 0.00663. The van der Waals surface area contributed by atoms with Gasteiger partial charge in [-0.25, -0.2) is 4.99 Å². The van der Waals surface area contributed by atoms with Crippen molar-refractivity contribution in [3.8, 4) is 0 Å². The molecule has 128 valence electrons. The van der Waals surface area contributed by atoms with E-state index in [1.807, 2.05) is 30.3 Å². The molecule has 0 spiro atoms. The number of nitrogens with zero attached hydrogens (tertiary/aromatic N) is 1. The Bertz CT molecular complexity index is 814. The van der Waals surface area contributed by atoms with Gasteiger partial charge >= 0.3 is 0 Å². The topological polar surface area (TPSA) is 73.7 Å². The molecule has 0 bridgehead atoms. The summed E-state index contributed by atoms with van der Waals surface area (Å²) >= 11 is 10.9. The lowest BCUT2D eigenvalue weighted by Gasteiger charge is -2.07. The summed E-state index contributed by atoms with van der Waals surface area (Å²) < 4.78 is 0. The zero-order chi connectivity index (χ0) is 18.2. The SMILES string of the molecule is C/C(O)=C(\C=N\C(=S)Nc1ccccc1)C(=O)Nc1ccc(Cl)cc1. The van der Waals surface area contributed by atoms with E-state index in [0.717, 1.165) is 5.69 Å². The van der Waals surface area contributed by atoms with Crippen LogP contribution in [-0.2, 0) is 4.79 Å². The molecule has 0 radical (unpaired) electrons. The van der Waals surface area contributed by atoms with E-state index in [9.17, 15) is 9.90 Å². The molecule has 0 aliphatic heterocycles. The summed E-state index contributed by atoms with van der Waals surface area (Å²) in [5, 5.41) is 16.0. The number of hydrogen-bond acceptors (Lipinski definition) is 3. The molecule has 0 unspecified atom stereocenters. The number of thiocarbonyl (C=S) groups is 1. The van der Waals surface area contributed by atoms with Crippen LogP contribution in [0.5, 0.6) is 0 Å². The fourth-order valence-corrected chi connectivity index (χ4v) is 2.14. The normalized spacial score (nSPS) is 11.8. The molecular weight excluding hydrogens is 358 g/mol. The zero-order valence-corrected chi connectivity index (χ0v) is 14.9. The van der Waals surface area contributed by atoms with Gasteiger partial charge < -0.3 is 15.7 Å². The highest BCUT2D eigenvalue weighted by Crippen LogP contribution is 2.14. The highest BCUT2D eigenvalue weighted by molar-refractivity contribution is 7.80. The van der Waals surface area contributed by atoms with Gasteiger partial charge in [0.1, 0.15) is 5.76 Å². The molecule has 0 aliphatic carbocycles. The maximum absolute atomic E-state index is 12.3. The van der Waals surface area contributed by atoms with Crippen LogP contribution in [0, 0.1) is 0 Å². The summed E-state index contributed by atoms with van der Waals surface area (Å²) in [6, 6.07) is 15.9. The second-order valence-electron chi connectivity index (χ2n) is 5.01. The first kappa shape index (κ1) is 18.6. The Labute approximate surface area is 156 Å². The van der Waals surface area contributed by atoms with Crippen LogP contribution in [0.15, 0.2) is 70.9 Å². The van der Waals surface area contributed by atoms with Gasteiger partial charge in [0.15, 0.2) is 5.11 Å². The molecule has 5 nitrogen and oxygen atoms in total. The molecule has 2 rings (SSSR count). The molecular formula is C18H16ClN3O2S. The number of carbonyl (C=O) groups is 1. The quantitative estimate of drug-likeness (QED) is 0.317. The molecule has 0 saturated carbocycles. The molecule has 3 N–H and O–H groups in total. The van der Waals surface area contributed by atoms with Gasteiger partial charge in [-0.15, -0.1) is 0 Å². The summed E-state index contributed by atoms with van der Waals surface area (Å²) in [6.45, 7) is 1.40. The van der Waals surface area contributed by atoms with Crippen LogP contribution in [0.2, 0.25) is 5.02 Å². The lowest BCUT2D eigenvalue weighted by Crippen LogP contribution is -2.17. The van der Waals surface area contributed by atoms with Crippen molar-refractivity contribution in [2.75, 3.05) is 10.6 Å². The highest BCUT2D eigenvalue weighted by Gasteiger charge is 2.11. The number of benzene rings is 2. The molecule has 0 saturated heterocycles. The van der Waals surface area contributed by atoms with Crippen molar-refractivity contribution in [3.05, 3.63) is 71.0 Å². The van der Waals surface area contributed by atoms with E-state index in [1.165, 1.54) is 13.1 Å². The van der Waals surface area contributed by atoms with E-state index in [1.54, 1.807) is 24.3 Å². The lowest BCUT2D eigenvalue weighted by atomic mass is 10.2. The monoisotopic (exact) mass is 373 g/mol. The number of halogens is 1. The fourth-order valence-electron chi connectivity index (χ4n) is 1.85. The number of carbonyl (C=O) groups excluding carboxylic acids is 1. The van der Waals surface area contributed by atoms with Crippen molar-refractivity contribution < 1.29 is 9.90 Å². The molecule has 1 amide bonds. The van der Waals surface area contributed by atoms with Crippen molar-refractivity contribution in [1.29, 1.82) is 0 Å². The number of para-hydroxylation sites is 1. The van der Waals surface area contributed by atoms with Crippen LogP contribution in [0.25, 0.3) is 0 Å². The van der Waals surface area contributed by atoms with Gasteiger partial charge in [-0.2, -0.15) is 0 Å². The molecule has 7 heteroatoms. The average molecular weight is 374 g/mol. The largest absolute Gasteiger partial charge is 0.512 e. The van der Waals surface area contributed by atoms with Gasteiger partial charge in [0.25, 0.3) is 5.91 Å². The van der Waals surface area contributed by atoms with Gasteiger partial charge in [0.05, 0.1) is 5.57 Å². The summed E-state index contributed by atoms with van der Waals surface area (Å²) in [5.41, 5.74) is 1.33. The smallest absolute Gasteiger partial charge is 0.260 e. The predicted octanol–water partition coefficient (Wildman–Crippen LogP) is 4.58. The van der Waals surface area contributed by atoms with E-state index in [2.05, 4.69) is 15.6 Å². The Kier molecular flexibility index (Phi) is 6.68. The molecule has 0 aliphatic rings. The number of aliphatic hydroxyl groups is 1. The molecule has 0 fully saturated rings. The third-order valence-corrected chi connectivity index (χ3v) is 3.53. The molecule has 2 aromatic carbocycles. The van der Waals surface area contributed by atoms with Crippen LogP contribution in [0.4, 0.5) is 11.4 Å². The number of amides is 1. The summed E-state index contributed by atoms with van der Waals surface area (Å²) in [4.78, 5) is 16.3. The van der Waals surface area contributed by atoms with Crippen LogP contribution in [0.1, 0.15) is 6.92 Å². The third-order valence-electron chi connectivity index (χ3n) is 3.07. The van der Waals surface area contributed by atoms with Gasteiger partial charge in [0, 0.05) is 22.6 Å². The van der Waals surface area contributed by atoms with Crippen LogP contribution < -0.4 is 10.6 Å². The second kappa shape index (κ2) is 8.96. The number of allylic oxidation sites excluding steroid dienone is 1. The zero-order valence-electron chi connectivity index (χ0n) is 13.4. The molecule has 2 aromatic rings. The minimum atomic E-state index is -0.506. The number of nitrogens with one attached hydrogen (secondary N) is 2. The molecule has 0 aromatic heterocycles. The first-order valence-corrected chi connectivity index (χ1v) is 8.11. The van der Waals surface area contributed by atoms with E-state index < -0.39 is 5.91 Å². The Balaban J connectivity index is 2.05. The van der Waals surface area contributed by atoms with Crippen LogP contribution in [0.3, 0.4) is 0 Å². The lowest BCUT2D eigenvalue weighted by molar-refractivity contribution is -0.112. The van der Waals surface area contributed by atoms with Crippen molar-refractivity contribution in [3.63, 3.8) is 0 Å². The Morgan fingerprint density at radius 3 is 2.28 bits per heavy atom. The molecule has 0 heterocycles. The average Bonchev–Trinajstić information content (AvgIpc) is 2.57. The van der Waals surface area contributed by atoms with Crippen LogP contribution in [-0.4, -0.2) is 22.3 Å². The van der Waals surface area contributed by atoms with E-state index in [-0.39, 0.29) is 16.4 Å². The molecule has 0 atom stereocenters. The van der Waals surface area contributed by atoms with Crippen LogP contribution >= 0.6 is 23.8 Å². The van der Waals surface area contributed by atoms with E-state index in [0.29, 0.717) is 10.7 Å². The van der Waals surface area contributed by atoms with E-state index >= 15 is 0 Å². The van der Waals surface area contributed by atoms with Crippen molar-refractivity contribution in [2.24, 2.45) is 4.99 Å². The highest BCUT2D eigenvalue weighted by atomic mass is 35.5. The standard InChI is InChI=1S/C18H16ClN3O2S/c1-12(23)16(17(24)21-15-9-7-13(19)8-10-15)11-20-18(25)22-14-5-3-2-4-6-14/h2-11,23H,1H3,(H,21,24)(H,22,25)/b16-12-,20-11+. The third kappa shape index (κ3) is 6.02. The molecule has 25 heavy (non-hydrogen) atoms. The van der Waals surface area contributed by atoms with Crippen molar-refractivity contribution >= 4 is 52.4 Å². The van der Waals surface area contributed by atoms with Gasteiger partial charge in [-0.3, -0.25) is 4.79 Å². The van der Waals surface area contributed by atoms with Crippen molar-refractivity contribution in [2.45, 2.75) is 6.92 Å². The van der Waals surface area contributed by atoms with Gasteiger partial charge in [0.2, 0.25) is 0 Å². The summed E-state index contributed by atoms with van der Waals surface area (Å²) in [6.07, 6.45) is 1.22. The Hall–Kier alpha value is -2.70. The predicted molar refractivity (Wildman–Crippen MR) is 107 cm³/mol. The Morgan fingerprint density at radius 2 is 1.68 bits per heavy atom. The van der Waals surface area contributed by atoms with Gasteiger partial charge in [-0.05, 0) is 55.5 Å². The number of anilines is 2. The van der Waals surface area contributed by atoms with Crippen molar-refractivity contribution in [1.82, 2.24) is 0 Å². The number of rotatable bonds is 4. The van der Waals surface area contributed by atoms with Gasteiger partial charge in [-0.1, -0.05) is 29.8 Å². The second-order valence-corrected chi connectivity index (χ2v) is 5.84. The minimum Gasteiger partial charge on any atom is -0.512 e. The van der Waals surface area contributed by atoms with E-state index in [4.69, 9.17) is 23.8 Å². The number of aliphatic hydroxyl groups excluding tert-OH is 1. The maximum Gasteiger partial charge on any atom is 0.260 e. The summed E-state index contributed by atoms with van der Waals surface area (Å²) in [5.74, 6) is -0.675. The first-order valence-electron chi connectivity index (χ1n) is 7.32. The first-order chi connectivity index (χ1) is 12.0.